The first-order chi connectivity index (χ1) is 10.4. The Bertz CT molecular complexity index is 597. The number of fused-ring (bicyclic) bond motifs is 1. The van der Waals surface area contributed by atoms with Gasteiger partial charge in [0, 0.05) is 25.6 Å². The normalized spacial score (nSPS) is 24.7. The first kappa shape index (κ1) is 13.6. The Kier molecular flexibility index (Phi) is 3.85. The average molecular weight is 308 g/mol. The Hall–Kier alpha value is -1.09. The van der Waals surface area contributed by atoms with Crippen LogP contribution in [0.5, 0.6) is 0 Å². The van der Waals surface area contributed by atoms with Gasteiger partial charge in [0.1, 0.15) is 5.01 Å². The van der Waals surface area contributed by atoms with Crippen molar-refractivity contribution in [1.29, 1.82) is 0 Å². The van der Waals surface area contributed by atoms with Crippen molar-refractivity contribution < 1.29 is 4.74 Å². The van der Waals surface area contributed by atoms with Crippen LogP contribution in [0.3, 0.4) is 0 Å². The van der Waals surface area contributed by atoms with E-state index in [-0.39, 0.29) is 0 Å². The SMILES string of the molecule is C1CNCCN(Cc2nn3c(C4CCOC4)nnc3s2)C1. The second-order valence-electron chi connectivity index (χ2n) is 5.69. The molecule has 1 atom stereocenters. The second-order valence-corrected chi connectivity index (χ2v) is 6.73. The molecule has 2 aromatic heterocycles. The molecule has 0 aromatic carbocycles. The average Bonchev–Trinajstić information content (AvgIpc) is 3.14. The summed E-state index contributed by atoms with van der Waals surface area (Å²) in [6.07, 6.45) is 2.22. The number of nitrogens with zero attached hydrogens (tertiary/aromatic N) is 5. The van der Waals surface area contributed by atoms with Crippen LogP contribution in [0.2, 0.25) is 0 Å². The van der Waals surface area contributed by atoms with Crippen LogP contribution in [-0.2, 0) is 11.3 Å². The van der Waals surface area contributed by atoms with Gasteiger partial charge in [-0.25, -0.2) is 0 Å². The van der Waals surface area contributed by atoms with E-state index in [1.54, 1.807) is 11.3 Å². The predicted octanol–water partition coefficient (Wildman–Crippen LogP) is 0.485. The van der Waals surface area contributed by atoms with Crippen molar-refractivity contribution in [1.82, 2.24) is 30.0 Å². The van der Waals surface area contributed by atoms with Gasteiger partial charge in [-0.05, 0) is 25.9 Å². The third-order valence-corrected chi connectivity index (χ3v) is 5.03. The van der Waals surface area contributed by atoms with Crippen molar-refractivity contribution in [2.45, 2.75) is 25.3 Å². The lowest BCUT2D eigenvalue weighted by atomic mass is 10.1. The Balaban J connectivity index is 1.53. The molecule has 0 aliphatic carbocycles. The van der Waals surface area contributed by atoms with Gasteiger partial charge in [0.15, 0.2) is 5.82 Å². The summed E-state index contributed by atoms with van der Waals surface area (Å²) >= 11 is 1.65. The van der Waals surface area contributed by atoms with Crippen LogP contribution in [0.15, 0.2) is 0 Å². The molecule has 8 heteroatoms. The van der Waals surface area contributed by atoms with Crippen LogP contribution in [-0.4, -0.2) is 64.1 Å². The first-order valence-electron chi connectivity index (χ1n) is 7.62. The van der Waals surface area contributed by atoms with E-state index in [0.717, 1.165) is 68.2 Å². The zero-order chi connectivity index (χ0) is 14.1. The summed E-state index contributed by atoms with van der Waals surface area (Å²) < 4.78 is 7.38. The molecule has 2 aliphatic heterocycles. The molecule has 2 aliphatic rings. The summed E-state index contributed by atoms with van der Waals surface area (Å²) in [5.74, 6) is 1.31. The van der Waals surface area contributed by atoms with Gasteiger partial charge in [-0.3, -0.25) is 4.90 Å². The minimum Gasteiger partial charge on any atom is -0.381 e. The summed E-state index contributed by atoms with van der Waals surface area (Å²) in [5, 5.41) is 17.9. The highest BCUT2D eigenvalue weighted by molar-refractivity contribution is 7.16. The van der Waals surface area contributed by atoms with Crippen molar-refractivity contribution in [3.8, 4) is 0 Å². The third kappa shape index (κ3) is 2.80. The maximum Gasteiger partial charge on any atom is 0.234 e. The van der Waals surface area contributed by atoms with Crippen LogP contribution in [0, 0.1) is 0 Å². The lowest BCUT2D eigenvalue weighted by Crippen LogP contribution is -2.27. The molecule has 2 fully saturated rings. The summed E-state index contributed by atoms with van der Waals surface area (Å²) in [6, 6.07) is 0. The summed E-state index contributed by atoms with van der Waals surface area (Å²) in [5.41, 5.74) is 0. The predicted molar refractivity (Wildman–Crippen MR) is 79.6 cm³/mol. The van der Waals surface area contributed by atoms with Crippen LogP contribution in [0.4, 0.5) is 0 Å². The van der Waals surface area contributed by atoms with Gasteiger partial charge in [-0.15, -0.1) is 10.2 Å². The number of nitrogens with one attached hydrogen (secondary N) is 1. The third-order valence-electron chi connectivity index (χ3n) is 4.14. The van der Waals surface area contributed by atoms with Crippen molar-refractivity contribution in [3.05, 3.63) is 10.8 Å². The lowest BCUT2D eigenvalue weighted by molar-refractivity contribution is 0.193. The lowest BCUT2D eigenvalue weighted by Gasteiger charge is -2.17. The highest BCUT2D eigenvalue weighted by atomic mass is 32.1. The van der Waals surface area contributed by atoms with Crippen molar-refractivity contribution >= 4 is 16.3 Å². The fourth-order valence-electron chi connectivity index (χ4n) is 2.98. The molecule has 1 N–H and O–H groups in total. The number of ether oxygens (including phenoxy) is 1. The van der Waals surface area contributed by atoms with Crippen molar-refractivity contribution in [2.24, 2.45) is 0 Å². The molecule has 0 spiro atoms. The zero-order valence-corrected chi connectivity index (χ0v) is 12.8. The maximum absolute atomic E-state index is 5.45. The van der Waals surface area contributed by atoms with Crippen LogP contribution in [0.25, 0.3) is 4.96 Å². The quantitative estimate of drug-likeness (QED) is 0.890. The minimum atomic E-state index is 0.345. The number of rotatable bonds is 3. The van der Waals surface area contributed by atoms with E-state index in [0.29, 0.717) is 5.92 Å². The van der Waals surface area contributed by atoms with Gasteiger partial charge in [-0.1, -0.05) is 11.3 Å². The van der Waals surface area contributed by atoms with Crippen LogP contribution < -0.4 is 5.32 Å². The number of hydrogen-bond donors (Lipinski definition) is 1. The van der Waals surface area contributed by atoms with Gasteiger partial charge in [-0.2, -0.15) is 9.61 Å². The van der Waals surface area contributed by atoms with Gasteiger partial charge in [0.05, 0.1) is 13.2 Å². The van der Waals surface area contributed by atoms with E-state index in [1.165, 1.54) is 6.42 Å². The van der Waals surface area contributed by atoms with Crippen LogP contribution in [0.1, 0.15) is 29.6 Å². The topological polar surface area (TPSA) is 67.6 Å². The molecule has 0 amide bonds. The molecule has 0 bridgehead atoms. The fourth-order valence-corrected chi connectivity index (χ4v) is 3.86. The summed E-state index contributed by atoms with van der Waals surface area (Å²) in [7, 11) is 0. The Morgan fingerprint density at radius 2 is 2.29 bits per heavy atom. The number of hydrogen-bond acceptors (Lipinski definition) is 7. The molecule has 2 aromatic rings. The molecule has 0 saturated carbocycles. The molecule has 114 valence electrons. The molecule has 21 heavy (non-hydrogen) atoms. The molecule has 7 nitrogen and oxygen atoms in total. The molecule has 4 heterocycles. The first-order valence-corrected chi connectivity index (χ1v) is 8.43. The minimum absolute atomic E-state index is 0.345. The standard InChI is InChI=1S/C13H20N6OS/c1-3-14-4-6-18(5-1)8-11-17-19-12(10-2-7-20-9-10)15-16-13(19)21-11/h10,14H,1-9H2. The summed E-state index contributed by atoms with van der Waals surface area (Å²) in [4.78, 5) is 3.36. The highest BCUT2D eigenvalue weighted by Gasteiger charge is 2.25. The van der Waals surface area contributed by atoms with E-state index in [9.17, 15) is 0 Å². The van der Waals surface area contributed by atoms with Crippen molar-refractivity contribution in [3.63, 3.8) is 0 Å². The smallest absolute Gasteiger partial charge is 0.234 e. The van der Waals surface area contributed by atoms with Crippen LogP contribution >= 0.6 is 11.3 Å². The maximum atomic E-state index is 5.45. The van der Waals surface area contributed by atoms with Crippen molar-refractivity contribution in [2.75, 3.05) is 39.4 Å². The molecule has 4 rings (SSSR count). The van der Waals surface area contributed by atoms with Gasteiger partial charge < -0.3 is 10.1 Å². The van der Waals surface area contributed by atoms with E-state index >= 15 is 0 Å². The molecule has 1 unspecified atom stereocenters. The number of aromatic nitrogens is 4. The molecule has 2 saturated heterocycles. The largest absolute Gasteiger partial charge is 0.381 e. The van der Waals surface area contributed by atoms with E-state index < -0.39 is 0 Å². The monoisotopic (exact) mass is 308 g/mol. The van der Waals surface area contributed by atoms with E-state index in [4.69, 9.17) is 9.84 Å². The second kappa shape index (κ2) is 5.96. The van der Waals surface area contributed by atoms with Gasteiger partial charge in [0.2, 0.25) is 4.96 Å². The zero-order valence-electron chi connectivity index (χ0n) is 12.0. The van der Waals surface area contributed by atoms with E-state index in [1.807, 2.05) is 4.52 Å². The van der Waals surface area contributed by atoms with Gasteiger partial charge in [0.25, 0.3) is 0 Å². The fraction of sp³-hybridized carbons (Fsp3) is 0.769. The molecular weight excluding hydrogens is 288 g/mol. The summed E-state index contributed by atoms with van der Waals surface area (Å²) in [6.45, 7) is 6.88. The van der Waals surface area contributed by atoms with E-state index in [2.05, 4.69) is 20.4 Å². The molecular formula is C13H20N6OS. The Morgan fingerprint density at radius 3 is 3.19 bits per heavy atom. The highest BCUT2D eigenvalue weighted by Crippen LogP contribution is 2.25. The Labute approximate surface area is 127 Å². The molecule has 0 radical (unpaired) electrons. The van der Waals surface area contributed by atoms with Gasteiger partial charge >= 0.3 is 0 Å². The Morgan fingerprint density at radius 1 is 1.29 bits per heavy atom.